The molecule has 6 aliphatic rings. The van der Waals surface area contributed by atoms with Gasteiger partial charge in [-0.1, -0.05) is 71.1 Å². The Morgan fingerprint density at radius 2 is 1.59 bits per heavy atom. The molecule has 0 radical (unpaired) electrons. The van der Waals surface area contributed by atoms with Crippen molar-refractivity contribution in [3.8, 4) is 0 Å². The molecule has 0 aromatic rings. The molecule has 1 saturated carbocycles. The number of carbonyl (C=O) groups excluding carboxylic acids is 7. The lowest BCUT2D eigenvalue weighted by Gasteiger charge is -2.43. The van der Waals surface area contributed by atoms with E-state index < -0.39 is 96.0 Å². The number of piperazine rings is 1. The number of allylic oxidation sites excluding steroid dienone is 6. The second-order valence-electron chi connectivity index (χ2n) is 22.6. The van der Waals surface area contributed by atoms with Gasteiger partial charge in [0.15, 0.2) is 5.78 Å². The number of amides is 3. The van der Waals surface area contributed by atoms with Gasteiger partial charge in [-0.15, -0.1) is 0 Å². The lowest BCUT2D eigenvalue weighted by atomic mass is 9.78. The topological polar surface area (TPSA) is 245 Å². The molecular formula is C57H85N3O15. The first kappa shape index (κ1) is 59.8. The minimum absolute atomic E-state index is 0.0365. The third kappa shape index (κ3) is 14.8. The number of nitrogens with zero attached hydrogens (tertiary/aromatic N) is 2. The summed E-state index contributed by atoms with van der Waals surface area (Å²) in [4.78, 5) is 99.9. The van der Waals surface area contributed by atoms with Gasteiger partial charge in [0.05, 0.1) is 37.1 Å². The Bertz CT molecular complexity index is 2170. The minimum atomic E-state index is -2.55. The fraction of sp³-hybridized carbons (Fsp3) is 0.737. The van der Waals surface area contributed by atoms with Crippen molar-refractivity contribution >= 4 is 41.0 Å². The normalized spacial score (nSPS) is 40.5. The van der Waals surface area contributed by atoms with Crippen molar-refractivity contribution in [3.05, 3.63) is 47.6 Å². The van der Waals surface area contributed by atoms with E-state index >= 15 is 0 Å². The highest BCUT2D eigenvalue weighted by atomic mass is 16.6. The zero-order valence-electron chi connectivity index (χ0n) is 45.7. The number of esters is 1. The molecule has 5 aliphatic heterocycles. The van der Waals surface area contributed by atoms with Gasteiger partial charge in [-0.05, 0) is 107 Å². The van der Waals surface area contributed by atoms with Crippen LogP contribution in [-0.2, 0) is 57.2 Å². The first-order valence-electron chi connectivity index (χ1n) is 27.4. The Morgan fingerprint density at radius 1 is 0.840 bits per heavy atom. The van der Waals surface area contributed by atoms with Crippen molar-refractivity contribution < 1.29 is 72.6 Å². The molecule has 0 aromatic heterocycles. The number of Topliss-reactive ketones (excluding diaryl/α,β-unsaturated/α-hetero) is 3. The van der Waals surface area contributed by atoms with Crippen molar-refractivity contribution in [2.45, 2.75) is 199 Å². The third-order valence-corrected chi connectivity index (χ3v) is 16.9. The summed E-state index contributed by atoms with van der Waals surface area (Å²) in [5.74, 6) is -9.07. The van der Waals surface area contributed by atoms with E-state index in [0.717, 1.165) is 10.5 Å². The molecule has 0 spiro atoms. The summed E-state index contributed by atoms with van der Waals surface area (Å²) in [6.45, 7) is 12.6. The van der Waals surface area contributed by atoms with Gasteiger partial charge < -0.3 is 54.1 Å². The molecule has 3 amide bonds. The number of nitrogens with one attached hydrogen (secondary N) is 1. The number of ketones is 3. The van der Waals surface area contributed by atoms with Gasteiger partial charge in [0, 0.05) is 64.3 Å². The second-order valence-corrected chi connectivity index (χ2v) is 22.6. The summed E-state index contributed by atoms with van der Waals surface area (Å²) < 4.78 is 30.5. The standard InChI is InChI=1S/C57H85N3O15/c1-32-15-11-10-12-16-33(2)46(73-41-27-43-54(67)58-30-49(63)60(43)31-41)28-40-20-18-38(7)57(70,75-40)53(66)55(68)59-22-14-13-17-42(59)56(69)74-47(35(4)25-39-19-21-44(61)48(26-39)71-8)29-45(62)34(3)24-37(6)51(65)52(72-9)50(64)36(5)23-32/h10-12,15-16,24,32,34-36,38-44,46-48,51-52,61,65,70H,13-14,17-23,25-31H2,1-9H3,(H,58,67)/b12-10+,15-11+,33-16+,37-24+/t32-,34-,35-,36-,38-,39+,40+,41-,42+,43+,44-,46+,47+,48-,51-,52+,57-/m1/s1. The number of piperidine rings is 1. The summed E-state index contributed by atoms with van der Waals surface area (Å²) in [5.41, 5.74) is 1.12. The van der Waals surface area contributed by atoms with Crippen LogP contribution in [0.2, 0.25) is 0 Å². The molecule has 4 N–H and O–H groups in total. The van der Waals surface area contributed by atoms with Gasteiger partial charge in [-0.2, -0.15) is 0 Å². The molecule has 418 valence electrons. The Morgan fingerprint density at radius 3 is 2.29 bits per heavy atom. The van der Waals surface area contributed by atoms with Gasteiger partial charge in [-0.3, -0.25) is 28.8 Å². The molecule has 2 bridgehead atoms. The van der Waals surface area contributed by atoms with Crippen LogP contribution in [-0.4, -0.2) is 167 Å². The van der Waals surface area contributed by atoms with E-state index in [1.165, 1.54) is 12.0 Å². The molecule has 1 aliphatic carbocycles. The Balaban J connectivity index is 1.32. The maximum absolute atomic E-state index is 14.5. The first-order valence-corrected chi connectivity index (χ1v) is 27.4. The van der Waals surface area contributed by atoms with Crippen molar-refractivity contribution in [3.63, 3.8) is 0 Å². The van der Waals surface area contributed by atoms with E-state index in [9.17, 15) is 48.9 Å². The number of fused-ring (bicyclic) bond motifs is 4. The zero-order valence-corrected chi connectivity index (χ0v) is 45.7. The zero-order chi connectivity index (χ0) is 54.9. The molecule has 18 heteroatoms. The first-order chi connectivity index (χ1) is 35.6. The van der Waals surface area contributed by atoms with Gasteiger partial charge in [-0.25, -0.2) is 4.79 Å². The maximum atomic E-state index is 14.5. The highest BCUT2D eigenvalue weighted by Crippen LogP contribution is 2.39. The summed E-state index contributed by atoms with van der Waals surface area (Å²) in [7, 11) is 2.92. The van der Waals surface area contributed by atoms with Gasteiger partial charge in [0.2, 0.25) is 17.6 Å². The predicted octanol–water partition coefficient (Wildman–Crippen LogP) is 4.65. The van der Waals surface area contributed by atoms with Gasteiger partial charge in [0.1, 0.15) is 36.2 Å². The van der Waals surface area contributed by atoms with Crippen LogP contribution in [0.4, 0.5) is 0 Å². The van der Waals surface area contributed by atoms with Gasteiger partial charge >= 0.3 is 5.97 Å². The van der Waals surface area contributed by atoms with E-state index in [-0.39, 0.29) is 92.6 Å². The summed E-state index contributed by atoms with van der Waals surface area (Å²) in [6.07, 6.45) is 9.47. The average molecular weight is 1050 g/mol. The highest BCUT2D eigenvalue weighted by Gasteiger charge is 2.53. The fourth-order valence-corrected chi connectivity index (χ4v) is 12.0. The number of cyclic esters (lactones) is 1. The monoisotopic (exact) mass is 1050 g/mol. The predicted molar refractivity (Wildman–Crippen MR) is 276 cm³/mol. The molecule has 6 rings (SSSR count). The van der Waals surface area contributed by atoms with Crippen LogP contribution in [0.3, 0.4) is 0 Å². The smallest absolute Gasteiger partial charge is 0.329 e. The summed E-state index contributed by atoms with van der Waals surface area (Å²) in [5, 5.41) is 37.0. The lowest BCUT2D eigenvalue weighted by Crippen LogP contribution is -2.61. The number of hydrogen-bond donors (Lipinski definition) is 4. The average Bonchev–Trinajstić information content (AvgIpc) is 3.83. The molecule has 0 aromatic carbocycles. The van der Waals surface area contributed by atoms with Gasteiger partial charge in [0.25, 0.3) is 11.7 Å². The SMILES string of the molecule is CO[C@@H]1C[C@H](C[C@@H](C)[C@@H]2CC(=O)[C@H](C)/C=C(\C)[C@@H](O)[C@@H](OC)C(=O)[C@H](C)C[C@H](C)/C=C/C=C/C=C(\C)[C@@H](O[C@@H]3C[C@H]4C(=O)NCC(=O)N4C3)C[C@@H]3CC[C@@H](C)[C@@](O)(O3)C(=O)C(=O)N3CCCC[C@H]3C(=O)O2)CC[C@H]1O. The lowest BCUT2D eigenvalue weighted by molar-refractivity contribution is -0.266. The summed E-state index contributed by atoms with van der Waals surface area (Å²) >= 11 is 0. The van der Waals surface area contributed by atoms with E-state index in [4.69, 9.17) is 23.7 Å². The minimum Gasteiger partial charge on any atom is -0.460 e. The van der Waals surface area contributed by atoms with E-state index in [2.05, 4.69) is 5.32 Å². The molecule has 4 saturated heterocycles. The van der Waals surface area contributed by atoms with E-state index in [1.807, 2.05) is 51.2 Å². The van der Waals surface area contributed by atoms with Crippen LogP contribution in [0.25, 0.3) is 0 Å². The van der Waals surface area contributed by atoms with Crippen LogP contribution in [0, 0.1) is 35.5 Å². The van der Waals surface area contributed by atoms with Crippen LogP contribution < -0.4 is 5.32 Å². The van der Waals surface area contributed by atoms with Crippen molar-refractivity contribution in [1.82, 2.24) is 15.1 Å². The second kappa shape index (κ2) is 26.8. The van der Waals surface area contributed by atoms with Crippen LogP contribution in [0.15, 0.2) is 47.6 Å². The largest absolute Gasteiger partial charge is 0.460 e. The number of hydrogen-bond acceptors (Lipinski definition) is 15. The highest BCUT2D eigenvalue weighted by molar-refractivity contribution is 6.39. The van der Waals surface area contributed by atoms with Crippen molar-refractivity contribution in [2.75, 3.05) is 33.9 Å². The number of aliphatic hydroxyl groups is 3. The van der Waals surface area contributed by atoms with Crippen LogP contribution in [0.1, 0.15) is 132 Å². The molecule has 75 heavy (non-hydrogen) atoms. The van der Waals surface area contributed by atoms with Crippen molar-refractivity contribution in [2.24, 2.45) is 35.5 Å². The Hall–Kier alpha value is -4.43. The van der Waals surface area contributed by atoms with Crippen LogP contribution in [0.5, 0.6) is 0 Å². The molecule has 17 atom stereocenters. The molecular weight excluding hydrogens is 967 g/mol. The third-order valence-electron chi connectivity index (χ3n) is 16.9. The number of carbonyl (C=O) groups is 7. The van der Waals surface area contributed by atoms with E-state index in [1.54, 1.807) is 40.9 Å². The number of rotatable bonds is 7. The fourth-order valence-electron chi connectivity index (χ4n) is 12.0. The molecule has 5 heterocycles. The van der Waals surface area contributed by atoms with E-state index in [0.29, 0.717) is 63.4 Å². The molecule has 18 nitrogen and oxygen atoms in total. The summed E-state index contributed by atoms with van der Waals surface area (Å²) in [6, 6.07) is -1.87. The number of aliphatic hydroxyl groups excluding tert-OH is 2. The van der Waals surface area contributed by atoms with Crippen molar-refractivity contribution in [1.29, 1.82) is 0 Å². The maximum Gasteiger partial charge on any atom is 0.329 e. The Kier molecular flexibility index (Phi) is 21.3. The number of methoxy groups -OCH3 is 2. The quantitative estimate of drug-likeness (QED) is 0.154. The number of ether oxygens (including phenoxy) is 5. The van der Waals surface area contributed by atoms with Crippen LogP contribution >= 0.6 is 0 Å². The Labute approximate surface area is 443 Å². The molecule has 5 fully saturated rings. The molecule has 0 unspecified atom stereocenters.